The van der Waals surface area contributed by atoms with Gasteiger partial charge >= 0.3 is 5.69 Å². The van der Waals surface area contributed by atoms with Gasteiger partial charge in [0.15, 0.2) is 11.5 Å². The summed E-state index contributed by atoms with van der Waals surface area (Å²) in [5.41, 5.74) is 2.63. The monoisotopic (exact) mass is 437 g/mol. The van der Waals surface area contributed by atoms with Crippen molar-refractivity contribution in [3.63, 3.8) is 0 Å². The summed E-state index contributed by atoms with van der Waals surface area (Å²) in [5, 5.41) is 3.49. The number of carbonyl (C=O) groups is 1. The number of hydrogen-bond acceptors (Lipinski definition) is 5. The van der Waals surface area contributed by atoms with Gasteiger partial charge in [0, 0.05) is 24.2 Å². The van der Waals surface area contributed by atoms with Gasteiger partial charge in [0.1, 0.15) is 0 Å². The number of aromatic nitrogens is 4. The van der Waals surface area contributed by atoms with Gasteiger partial charge in [0.25, 0.3) is 5.56 Å². The molecule has 0 radical (unpaired) electrons. The first-order chi connectivity index (χ1) is 14.8. The molecule has 2 aromatic rings. The first-order valence-electron chi connectivity index (χ1n) is 9.79. The van der Waals surface area contributed by atoms with Crippen molar-refractivity contribution < 1.29 is 4.79 Å². The molecule has 0 fully saturated rings. The third-order valence-electron chi connectivity index (χ3n) is 5.03. The normalized spacial score (nSPS) is 11.2. The average molecular weight is 438 g/mol. The average Bonchev–Trinajstić information content (AvgIpc) is 2.70. The molecule has 2 aromatic carbocycles. The summed E-state index contributed by atoms with van der Waals surface area (Å²) in [7, 11) is 0. The fraction of sp³-hybridized carbons (Fsp3) is 0.227. The Kier molecular flexibility index (Phi) is 5.56. The summed E-state index contributed by atoms with van der Waals surface area (Å²) in [6.45, 7) is 3.79. The van der Waals surface area contributed by atoms with Crippen molar-refractivity contribution >= 4 is 34.2 Å². The van der Waals surface area contributed by atoms with Crippen molar-refractivity contribution in [2.75, 3.05) is 5.32 Å². The Bertz CT molecular complexity index is 1380. The lowest BCUT2D eigenvalue weighted by Gasteiger charge is -2.18. The minimum atomic E-state index is -0.723. The van der Waals surface area contributed by atoms with E-state index in [1.807, 2.05) is 35.8 Å². The Balaban J connectivity index is 1.83. The second kappa shape index (κ2) is 8.31. The van der Waals surface area contributed by atoms with Gasteiger partial charge in [0.05, 0.1) is 11.0 Å². The summed E-state index contributed by atoms with van der Waals surface area (Å²) >= 11 is 5.95. The Hall–Kier alpha value is -3.52. The Labute approximate surface area is 182 Å². The third kappa shape index (κ3) is 4.34. The molecule has 0 aromatic heterocycles. The van der Waals surface area contributed by atoms with Gasteiger partial charge in [-0.1, -0.05) is 23.7 Å². The van der Waals surface area contributed by atoms with Gasteiger partial charge in [-0.25, -0.2) is 9.78 Å². The van der Waals surface area contributed by atoms with E-state index in [1.54, 1.807) is 12.1 Å². The quantitative estimate of drug-likeness (QED) is 0.466. The molecule has 9 heteroatoms. The van der Waals surface area contributed by atoms with Crippen LogP contribution in [0.15, 0.2) is 46.0 Å². The second-order valence-electron chi connectivity index (χ2n) is 7.37. The van der Waals surface area contributed by atoms with Crippen molar-refractivity contribution in [1.29, 1.82) is 0 Å². The molecule has 0 saturated carbocycles. The van der Waals surface area contributed by atoms with Crippen molar-refractivity contribution in [3.05, 3.63) is 73.4 Å². The first kappa shape index (κ1) is 20.7. The van der Waals surface area contributed by atoms with Crippen LogP contribution in [-0.4, -0.2) is 25.4 Å². The fourth-order valence-corrected chi connectivity index (χ4v) is 3.71. The van der Waals surface area contributed by atoms with Crippen LogP contribution in [0.1, 0.15) is 24.5 Å². The molecule has 2 aliphatic rings. The molecule has 158 valence electrons. The molecule has 31 heavy (non-hydrogen) atoms. The van der Waals surface area contributed by atoms with E-state index in [0.717, 1.165) is 24.0 Å². The smallest absolute Gasteiger partial charge is 0.326 e. The standard InChI is InChI=1S/C22H20ClN5O3/c1-12-10-17-18(11-16(12)24-13(2)29)28(9-3-4-14-5-7-15(23)8-6-14)20-19(25-17)21(30)27-22(31)26-20/h5-8,10-11H,3-4,9H2,1-2H3,(H,24,29)(H,27,30,31). The van der Waals surface area contributed by atoms with Crippen LogP contribution in [0, 0.1) is 6.92 Å². The summed E-state index contributed by atoms with van der Waals surface area (Å²) < 4.78 is 1.81. The van der Waals surface area contributed by atoms with Crippen molar-refractivity contribution in [3.8, 4) is 11.5 Å². The molecular weight excluding hydrogens is 418 g/mol. The number of aryl methyl sites for hydroxylation is 3. The van der Waals surface area contributed by atoms with Crippen LogP contribution in [0.5, 0.6) is 0 Å². The number of fused-ring (bicyclic) bond motifs is 2. The minimum absolute atomic E-state index is 0.102. The largest absolute Gasteiger partial charge is 0.349 e. The first-order valence-corrected chi connectivity index (χ1v) is 10.2. The zero-order valence-electron chi connectivity index (χ0n) is 17.0. The van der Waals surface area contributed by atoms with E-state index in [1.165, 1.54) is 6.92 Å². The van der Waals surface area contributed by atoms with E-state index in [0.29, 0.717) is 28.3 Å². The van der Waals surface area contributed by atoms with Gasteiger partial charge in [-0.15, -0.1) is 0 Å². The molecule has 8 nitrogen and oxygen atoms in total. The van der Waals surface area contributed by atoms with Crippen LogP contribution in [0.3, 0.4) is 0 Å². The van der Waals surface area contributed by atoms with Crippen molar-refractivity contribution in [2.24, 2.45) is 0 Å². The molecule has 0 unspecified atom stereocenters. The van der Waals surface area contributed by atoms with Crippen LogP contribution in [0.25, 0.3) is 22.6 Å². The SMILES string of the molecule is CC(=O)Nc1cc2c(cc1C)nc1c(=O)[nH]c(=O)nc-1n2CCCc1ccc(Cl)cc1. The van der Waals surface area contributed by atoms with Gasteiger partial charge in [-0.2, -0.15) is 4.98 Å². The number of amides is 1. The summed E-state index contributed by atoms with van der Waals surface area (Å²) in [5.74, 6) is 0.0249. The fourth-order valence-electron chi connectivity index (χ4n) is 3.59. The molecule has 2 aliphatic heterocycles. The lowest BCUT2D eigenvalue weighted by atomic mass is 10.1. The number of hydrogen-bond donors (Lipinski definition) is 2. The van der Waals surface area contributed by atoms with Crippen LogP contribution in [-0.2, 0) is 17.8 Å². The number of nitrogens with zero attached hydrogens (tertiary/aromatic N) is 3. The maximum Gasteiger partial charge on any atom is 0.349 e. The Morgan fingerprint density at radius 2 is 1.90 bits per heavy atom. The number of aromatic amines is 1. The maximum atomic E-state index is 12.4. The lowest BCUT2D eigenvalue weighted by Crippen LogP contribution is -2.29. The molecule has 2 N–H and O–H groups in total. The second-order valence-corrected chi connectivity index (χ2v) is 7.81. The van der Waals surface area contributed by atoms with Crippen LogP contribution in [0.4, 0.5) is 5.69 Å². The van der Waals surface area contributed by atoms with E-state index in [4.69, 9.17) is 11.6 Å². The number of H-pyrrole nitrogens is 1. The highest BCUT2D eigenvalue weighted by Crippen LogP contribution is 2.27. The Morgan fingerprint density at radius 1 is 1.16 bits per heavy atom. The predicted molar refractivity (Wildman–Crippen MR) is 120 cm³/mol. The van der Waals surface area contributed by atoms with Gasteiger partial charge < -0.3 is 9.88 Å². The molecular formula is C22H20ClN5O3. The predicted octanol–water partition coefficient (Wildman–Crippen LogP) is 3.14. The number of benzene rings is 2. The van der Waals surface area contributed by atoms with Crippen LogP contribution in [0.2, 0.25) is 5.02 Å². The zero-order chi connectivity index (χ0) is 22.1. The Morgan fingerprint density at radius 3 is 2.61 bits per heavy atom. The lowest BCUT2D eigenvalue weighted by molar-refractivity contribution is -0.114. The van der Waals surface area contributed by atoms with E-state index < -0.39 is 11.2 Å². The van der Waals surface area contributed by atoms with E-state index in [2.05, 4.69) is 20.3 Å². The maximum absolute atomic E-state index is 12.4. The highest BCUT2D eigenvalue weighted by molar-refractivity contribution is 6.30. The molecule has 0 atom stereocenters. The topological polar surface area (TPSA) is 110 Å². The third-order valence-corrected chi connectivity index (χ3v) is 5.28. The van der Waals surface area contributed by atoms with Gasteiger partial charge in [0.2, 0.25) is 5.91 Å². The zero-order valence-corrected chi connectivity index (χ0v) is 17.8. The highest BCUT2D eigenvalue weighted by atomic mass is 35.5. The van der Waals surface area contributed by atoms with Gasteiger partial charge in [-0.3, -0.25) is 14.6 Å². The summed E-state index contributed by atoms with van der Waals surface area (Å²) in [4.78, 5) is 46.5. The van der Waals surface area contributed by atoms with E-state index >= 15 is 0 Å². The van der Waals surface area contributed by atoms with Crippen molar-refractivity contribution in [1.82, 2.24) is 19.5 Å². The summed E-state index contributed by atoms with van der Waals surface area (Å²) in [6, 6.07) is 11.2. The number of halogens is 1. The van der Waals surface area contributed by atoms with Crippen molar-refractivity contribution in [2.45, 2.75) is 33.2 Å². The number of carbonyl (C=O) groups excluding carboxylic acids is 1. The molecule has 4 rings (SSSR count). The van der Waals surface area contributed by atoms with Crippen LogP contribution >= 0.6 is 11.6 Å². The van der Waals surface area contributed by atoms with E-state index in [9.17, 15) is 14.4 Å². The number of rotatable bonds is 5. The number of nitrogens with one attached hydrogen (secondary N) is 2. The van der Waals surface area contributed by atoms with Crippen LogP contribution < -0.4 is 16.6 Å². The molecule has 2 heterocycles. The molecule has 0 saturated heterocycles. The molecule has 0 spiro atoms. The van der Waals surface area contributed by atoms with Gasteiger partial charge in [-0.05, 0) is 55.2 Å². The summed E-state index contributed by atoms with van der Waals surface area (Å²) in [6.07, 6.45) is 1.50. The molecule has 1 amide bonds. The highest BCUT2D eigenvalue weighted by Gasteiger charge is 2.19. The van der Waals surface area contributed by atoms with E-state index in [-0.39, 0.29) is 17.4 Å². The molecule has 0 bridgehead atoms. The number of anilines is 1. The minimum Gasteiger partial charge on any atom is -0.326 e. The molecule has 0 aliphatic carbocycles.